The molecule has 2 aliphatic rings. The molecule has 0 spiro atoms. The Labute approximate surface area is 322 Å². The van der Waals surface area contributed by atoms with Gasteiger partial charge in [-0.25, -0.2) is 0 Å². The van der Waals surface area contributed by atoms with Crippen LogP contribution in [0.15, 0.2) is 152 Å². The van der Waals surface area contributed by atoms with Crippen molar-refractivity contribution in [2.24, 2.45) is 0 Å². The molecule has 1 saturated carbocycles. The first-order valence-electron chi connectivity index (χ1n) is 20.1. The average molecular weight is 702 g/mol. The fourth-order valence-corrected chi connectivity index (χ4v) is 9.64. The molecular formula is C53H51N. The van der Waals surface area contributed by atoms with Gasteiger partial charge in [-0.05, 0) is 104 Å². The summed E-state index contributed by atoms with van der Waals surface area (Å²) in [7, 11) is 0. The molecule has 0 aromatic heterocycles. The molecule has 0 heterocycles. The highest BCUT2D eigenvalue weighted by molar-refractivity contribution is 6.05. The number of hydrogen-bond donors (Lipinski definition) is 0. The molecule has 0 radical (unpaired) electrons. The van der Waals surface area contributed by atoms with E-state index < -0.39 is 0 Å². The van der Waals surface area contributed by atoms with Crippen molar-refractivity contribution in [1.29, 1.82) is 0 Å². The van der Waals surface area contributed by atoms with Crippen LogP contribution in [0, 0.1) is 0 Å². The molecule has 0 N–H and O–H groups in total. The molecule has 54 heavy (non-hydrogen) atoms. The van der Waals surface area contributed by atoms with E-state index in [1.807, 2.05) is 0 Å². The second-order valence-corrected chi connectivity index (χ2v) is 17.2. The second-order valence-electron chi connectivity index (χ2n) is 17.2. The van der Waals surface area contributed by atoms with Gasteiger partial charge in [-0.1, -0.05) is 181 Å². The highest BCUT2D eigenvalue weighted by atomic mass is 15.1. The molecular weight excluding hydrogens is 651 g/mol. The summed E-state index contributed by atoms with van der Waals surface area (Å²) in [6, 6.07) is 57.4. The fourth-order valence-electron chi connectivity index (χ4n) is 9.64. The van der Waals surface area contributed by atoms with E-state index in [1.54, 1.807) is 0 Å². The topological polar surface area (TPSA) is 3.24 Å². The van der Waals surface area contributed by atoms with E-state index in [9.17, 15) is 0 Å². The number of rotatable bonds is 6. The Balaban J connectivity index is 1.30. The third kappa shape index (κ3) is 5.77. The monoisotopic (exact) mass is 701 g/mol. The molecule has 1 nitrogen and oxygen atoms in total. The molecule has 7 aromatic rings. The van der Waals surface area contributed by atoms with Gasteiger partial charge in [0.2, 0.25) is 0 Å². The van der Waals surface area contributed by atoms with Crippen molar-refractivity contribution in [3.8, 4) is 33.4 Å². The zero-order chi connectivity index (χ0) is 37.0. The van der Waals surface area contributed by atoms with Crippen molar-refractivity contribution in [3.05, 3.63) is 174 Å². The lowest BCUT2D eigenvalue weighted by Crippen LogP contribution is -2.15. The average Bonchev–Trinajstić information content (AvgIpc) is 3.44. The van der Waals surface area contributed by atoms with Crippen LogP contribution in [-0.4, -0.2) is 0 Å². The molecule has 0 bridgehead atoms. The summed E-state index contributed by atoms with van der Waals surface area (Å²) in [4.78, 5) is 2.53. The number of benzene rings is 7. The summed E-state index contributed by atoms with van der Waals surface area (Å²) in [6.07, 6.45) is 6.54. The maximum atomic E-state index is 2.53. The minimum absolute atomic E-state index is 0.0580. The predicted octanol–water partition coefficient (Wildman–Crippen LogP) is 15.3. The third-order valence-electron chi connectivity index (χ3n) is 12.5. The predicted molar refractivity (Wildman–Crippen MR) is 232 cm³/mol. The lowest BCUT2D eigenvalue weighted by molar-refractivity contribution is 0.445. The molecule has 7 aromatic carbocycles. The molecule has 9 rings (SSSR count). The van der Waals surface area contributed by atoms with Gasteiger partial charge in [0.05, 0.1) is 11.4 Å². The van der Waals surface area contributed by atoms with Crippen LogP contribution in [-0.2, 0) is 10.8 Å². The molecule has 2 aliphatic carbocycles. The van der Waals surface area contributed by atoms with Crippen molar-refractivity contribution < 1.29 is 0 Å². The smallest absolute Gasteiger partial charge is 0.0540 e. The maximum absolute atomic E-state index is 2.53. The molecule has 0 unspecified atom stereocenters. The van der Waals surface area contributed by atoms with Crippen LogP contribution < -0.4 is 4.90 Å². The molecule has 0 atom stereocenters. The van der Waals surface area contributed by atoms with Crippen LogP contribution in [0.2, 0.25) is 0 Å². The van der Waals surface area contributed by atoms with E-state index in [2.05, 4.69) is 191 Å². The van der Waals surface area contributed by atoms with Gasteiger partial charge in [0.1, 0.15) is 0 Å². The third-order valence-corrected chi connectivity index (χ3v) is 12.5. The Morgan fingerprint density at radius 1 is 0.500 bits per heavy atom. The zero-order valence-electron chi connectivity index (χ0n) is 32.5. The molecule has 268 valence electrons. The molecule has 1 heteroatoms. The first-order valence-corrected chi connectivity index (χ1v) is 20.1. The fraction of sp³-hybridized carbons (Fsp3) is 0.245. The second kappa shape index (κ2) is 13.5. The highest BCUT2D eigenvalue weighted by Gasteiger charge is 2.37. The Kier molecular flexibility index (Phi) is 8.57. The maximum Gasteiger partial charge on any atom is 0.0540 e. The quantitative estimate of drug-likeness (QED) is 0.167. The van der Waals surface area contributed by atoms with Gasteiger partial charge in [-0.15, -0.1) is 0 Å². The SMILES string of the molecule is CC(C)(C)c1ccc(N(c2ccccc2-c2cccc3c2-c2ccccc2C3(C)C)c2ccccc2-c2cccc3cccc(C4CCCCC4)c23)cc1. The minimum Gasteiger partial charge on any atom is -0.309 e. The highest BCUT2D eigenvalue weighted by Crippen LogP contribution is 2.54. The van der Waals surface area contributed by atoms with E-state index in [0.717, 1.165) is 5.69 Å². The van der Waals surface area contributed by atoms with E-state index in [1.165, 1.54) is 110 Å². The summed E-state index contributed by atoms with van der Waals surface area (Å²) in [6.45, 7) is 11.6. The van der Waals surface area contributed by atoms with Gasteiger partial charge in [0.15, 0.2) is 0 Å². The van der Waals surface area contributed by atoms with Gasteiger partial charge in [-0.3, -0.25) is 0 Å². The van der Waals surface area contributed by atoms with Crippen LogP contribution in [0.4, 0.5) is 17.1 Å². The van der Waals surface area contributed by atoms with E-state index >= 15 is 0 Å². The molecule has 0 amide bonds. The van der Waals surface area contributed by atoms with Crippen molar-refractivity contribution in [2.45, 2.75) is 83.5 Å². The van der Waals surface area contributed by atoms with E-state index in [-0.39, 0.29) is 10.8 Å². The van der Waals surface area contributed by atoms with Crippen molar-refractivity contribution in [3.63, 3.8) is 0 Å². The van der Waals surface area contributed by atoms with Crippen LogP contribution in [0.3, 0.4) is 0 Å². The van der Waals surface area contributed by atoms with Crippen LogP contribution in [0.5, 0.6) is 0 Å². The summed E-state index contributed by atoms with van der Waals surface area (Å²) >= 11 is 0. The van der Waals surface area contributed by atoms with Crippen LogP contribution >= 0.6 is 0 Å². The minimum atomic E-state index is -0.0731. The van der Waals surface area contributed by atoms with Gasteiger partial charge >= 0.3 is 0 Å². The number of para-hydroxylation sites is 2. The number of fused-ring (bicyclic) bond motifs is 4. The number of nitrogens with zero attached hydrogens (tertiary/aromatic N) is 1. The zero-order valence-corrected chi connectivity index (χ0v) is 32.5. The standard InChI is InChI=1S/C53H51N/c1-52(2,3)38-32-34-39(35-33-38)54(49-31-14-11-23-42(49)44-27-17-29-47-51(44)45-24-9-12-28-46(45)53(47,4)5)48-30-13-10-22-41(48)43-26-16-21-37-20-15-25-40(50(37)43)36-18-7-6-8-19-36/h9-17,20-36H,6-8,18-19H2,1-5H3. The first-order chi connectivity index (χ1) is 26.2. The van der Waals surface area contributed by atoms with Crippen LogP contribution in [0.25, 0.3) is 44.2 Å². The Hall–Kier alpha value is -5.40. The lowest BCUT2D eigenvalue weighted by atomic mass is 9.80. The lowest BCUT2D eigenvalue weighted by Gasteiger charge is -2.31. The van der Waals surface area contributed by atoms with Gasteiger partial charge in [0.25, 0.3) is 0 Å². The normalized spacial score (nSPS) is 15.2. The number of anilines is 3. The summed E-state index contributed by atoms with van der Waals surface area (Å²) in [5, 5.41) is 2.74. The summed E-state index contributed by atoms with van der Waals surface area (Å²) in [5.74, 6) is 0.602. The van der Waals surface area contributed by atoms with Crippen molar-refractivity contribution >= 4 is 27.8 Å². The Morgan fingerprint density at radius 3 is 1.72 bits per heavy atom. The Bertz CT molecular complexity index is 2480. The first kappa shape index (κ1) is 34.4. The largest absolute Gasteiger partial charge is 0.309 e. The van der Waals surface area contributed by atoms with Gasteiger partial charge in [0, 0.05) is 22.2 Å². The number of hydrogen-bond acceptors (Lipinski definition) is 1. The van der Waals surface area contributed by atoms with Gasteiger partial charge < -0.3 is 4.90 Å². The Morgan fingerprint density at radius 2 is 1.04 bits per heavy atom. The molecule has 0 saturated heterocycles. The summed E-state index contributed by atoms with van der Waals surface area (Å²) in [5.41, 5.74) is 16.9. The summed E-state index contributed by atoms with van der Waals surface area (Å²) < 4.78 is 0. The molecule has 0 aliphatic heterocycles. The molecule has 1 fully saturated rings. The van der Waals surface area contributed by atoms with E-state index in [0.29, 0.717) is 5.92 Å². The van der Waals surface area contributed by atoms with E-state index in [4.69, 9.17) is 0 Å². The van der Waals surface area contributed by atoms with Crippen LogP contribution in [0.1, 0.15) is 94.9 Å². The van der Waals surface area contributed by atoms with Gasteiger partial charge in [-0.2, -0.15) is 0 Å². The van der Waals surface area contributed by atoms with Crippen molar-refractivity contribution in [1.82, 2.24) is 0 Å². The van der Waals surface area contributed by atoms with Crippen molar-refractivity contribution in [2.75, 3.05) is 4.90 Å².